The summed E-state index contributed by atoms with van der Waals surface area (Å²) in [5.41, 5.74) is 2.37. The van der Waals surface area contributed by atoms with Gasteiger partial charge in [0.15, 0.2) is 11.8 Å². The van der Waals surface area contributed by atoms with Crippen molar-refractivity contribution >= 4 is 5.96 Å². The van der Waals surface area contributed by atoms with Crippen LogP contribution < -0.4 is 15.4 Å². The fraction of sp³-hybridized carbons (Fsp3) is 0.318. The molecule has 1 unspecified atom stereocenters. The number of halogens is 1. The molecule has 0 radical (unpaired) electrons. The van der Waals surface area contributed by atoms with Crippen molar-refractivity contribution in [2.45, 2.75) is 33.4 Å². The zero-order valence-corrected chi connectivity index (χ0v) is 17.7. The van der Waals surface area contributed by atoms with Crippen LogP contribution in [0.1, 0.15) is 36.8 Å². The Balaban J connectivity index is 1.68. The number of methoxy groups -OCH3 is 1. The normalized spacial score (nSPS) is 12.5. The molecule has 7 nitrogen and oxygen atoms in total. The summed E-state index contributed by atoms with van der Waals surface area (Å²) in [4.78, 5) is 9.08. The van der Waals surface area contributed by atoms with E-state index in [-0.39, 0.29) is 11.9 Å². The zero-order chi connectivity index (χ0) is 21.5. The van der Waals surface area contributed by atoms with Gasteiger partial charge in [0.2, 0.25) is 0 Å². The Kier molecular flexibility index (Phi) is 7.00. The van der Waals surface area contributed by atoms with E-state index in [4.69, 9.17) is 4.74 Å². The molecule has 3 N–H and O–H groups in total. The molecular formula is C22H27FN6O. The second-order valence-electron chi connectivity index (χ2n) is 6.90. The topological polar surface area (TPSA) is 87.2 Å². The van der Waals surface area contributed by atoms with E-state index in [9.17, 15) is 4.39 Å². The molecule has 0 saturated carbocycles. The highest BCUT2D eigenvalue weighted by Gasteiger charge is 2.11. The molecule has 1 atom stereocenters. The number of aryl methyl sites for hydroxylation is 1. The van der Waals surface area contributed by atoms with Gasteiger partial charge in [-0.05, 0) is 62.2 Å². The molecule has 3 rings (SSSR count). The van der Waals surface area contributed by atoms with Gasteiger partial charge in [0, 0.05) is 12.1 Å². The first-order valence-electron chi connectivity index (χ1n) is 9.86. The maximum Gasteiger partial charge on any atom is 0.192 e. The number of aliphatic imine (C=N–C) groups is 1. The summed E-state index contributed by atoms with van der Waals surface area (Å²) < 4.78 is 19.1. The second kappa shape index (κ2) is 9.87. The minimum Gasteiger partial charge on any atom is -0.497 e. The lowest BCUT2D eigenvalue weighted by molar-refractivity contribution is 0.415. The average molecular weight is 410 g/mol. The number of hydrogen-bond acceptors (Lipinski definition) is 4. The highest BCUT2D eigenvalue weighted by molar-refractivity contribution is 5.80. The monoisotopic (exact) mass is 410 g/mol. The summed E-state index contributed by atoms with van der Waals surface area (Å²) in [5, 5.41) is 13.7. The molecule has 1 heterocycles. The van der Waals surface area contributed by atoms with Crippen molar-refractivity contribution in [3.05, 3.63) is 65.2 Å². The summed E-state index contributed by atoms with van der Waals surface area (Å²) in [6.07, 6.45) is 0. The molecular weight excluding hydrogens is 383 g/mol. The van der Waals surface area contributed by atoms with E-state index in [0.29, 0.717) is 36.3 Å². The number of H-pyrrole nitrogens is 1. The molecule has 0 bridgehead atoms. The minimum atomic E-state index is -0.212. The quantitative estimate of drug-likeness (QED) is 0.408. The molecule has 3 aromatic rings. The van der Waals surface area contributed by atoms with E-state index in [2.05, 4.69) is 30.8 Å². The van der Waals surface area contributed by atoms with Crippen molar-refractivity contribution in [1.82, 2.24) is 25.8 Å². The van der Waals surface area contributed by atoms with Gasteiger partial charge >= 0.3 is 0 Å². The first-order valence-corrected chi connectivity index (χ1v) is 9.86. The number of rotatable bonds is 7. The third-order valence-corrected chi connectivity index (χ3v) is 4.66. The van der Waals surface area contributed by atoms with E-state index in [0.717, 1.165) is 16.9 Å². The van der Waals surface area contributed by atoms with Gasteiger partial charge < -0.3 is 15.4 Å². The van der Waals surface area contributed by atoms with Gasteiger partial charge in [0.1, 0.15) is 23.9 Å². The summed E-state index contributed by atoms with van der Waals surface area (Å²) in [7, 11) is 1.63. The molecule has 0 aliphatic carbocycles. The number of aromatic amines is 1. The van der Waals surface area contributed by atoms with E-state index < -0.39 is 0 Å². The smallest absolute Gasteiger partial charge is 0.192 e. The van der Waals surface area contributed by atoms with Gasteiger partial charge in [0.05, 0.1) is 13.2 Å². The van der Waals surface area contributed by atoms with Crippen molar-refractivity contribution in [3.63, 3.8) is 0 Å². The highest BCUT2D eigenvalue weighted by atomic mass is 19.1. The largest absolute Gasteiger partial charge is 0.497 e. The summed E-state index contributed by atoms with van der Waals surface area (Å²) in [6.45, 7) is 6.74. The second-order valence-corrected chi connectivity index (χ2v) is 6.90. The Morgan fingerprint density at radius 3 is 2.67 bits per heavy atom. The van der Waals surface area contributed by atoms with Crippen LogP contribution in [-0.4, -0.2) is 34.8 Å². The Bertz CT molecular complexity index is 999. The third-order valence-electron chi connectivity index (χ3n) is 4.66. The first kappa shape index (κ1) is 21.3. The van der Waals surface area contributed by atoms with Gasteiger partial charge in [-0.1, -0.05) is 12.1 Å². The molecule has 8 heteroatoms. The van der Waals surface area contributed by atoms with Gasteiger partial charge in [-0.15, -0.1) is 0 Å². The van der Waals surface area contributed by atoms with E-state index in [1.807, 2.05) is 44.2 Å². The van der Waals surface area contributed by atoms with Crippen molar-refractivity contribution in [2.24, 2.45) is 4.99 Å². The lowest BCUT2D eigenvalue weighted by Gasteiger charge is -2.18. The Hall–Kier alpha value is -3.42. The number of nitrogens with one attached hydrogen (secondary N) is 3. The van der Waals surface area contributed by atoms with Crippen molar-refractivity contribution in [1.29, 1.82) is 0 Å². The number of aromatic nitrogens is 3. The molecule has 0 saturated heterocycles. The van der Waals surface area contributed by atoms with Gasteiger partial charge in [-0.3, -0.25) is 5.10 Å². The Labute approximate surface area is 175 Å². The molecule has 158 valence electrons. The van der Waals surface area contributed by atoms with Crippen LogP contribution in [0, 0.1) is 12.7 Å². The van der Waals surface area contributed by atoms with Crippen LogP contribution in [0.15, 0.2) is 47.5 Å². The first-order chi connectivity index (χ1) is 14.5. The van der Waals surface area contributed by atoms with Crippen LogP contribution in [0.4, 0.5) is 4.39 Å². The highest BCUT2D eigenvalue weighted by Crippen LogP contribution is 2.19. The van der Waals surface area contributed by atoms with Crippen molar-refractivity contribution in [2.75, 3.05) is 13.7 Å². The van der Waals surface area contributed by atoms with Crippen molar-refractivity contribution in [3.8, 4) is 17.1 Å². The van der Waals surface area contributed by atoms with Gasteiger partial charge in [-0.2, -0.15) is 5.10 Å². The molecule has 0 fully saturated rings. The zero-order valence-electron chi connectivity index (χ0n) is 17.7. The number of benzene rings is 2. The summed E-state index contributed by atoms with van der Waals surface area (Å²) >= 11 is 0. The molecule has 1 aromatic heterocycles. The molecule has 2 aromatic carbocycles. The molecule has 0 aliphatic rings. The Morgan fingerprint density at radius 1 is 1.23 bits per heavy atom. The number of hydrogen-bond donors (Lipinski definition) is 3. The van der Waals surface area contributed by atoms with E-state index >= 15 is 0 Å². The maximum absolute atomic E-state index is 13.9. The van der Waals surface area contributed by atoms with Gasteiger partial charge in [0.25, 0.3) is 0 Å². The maximum atomic E-state index is 13.9. The molecule has 0 aliphatic heterocycles. The van der Waals surface area contributed by atoms with Crippen LogP contribution in [-0.2, 0) is 6.54 Å². The van der Waals surface area contributed by atoms with Crippen LogP contribution >= 0.6 is 0 Å². The third kappa shape index (κ3) is 5.34. The summed E-state index contributed by atoms with van der Waals surface area (Å²) in [5.74, 6) is 2.43. The van der Waals surface area contributed by atoms with E-state index in [1.54, 1.807) is 26.2 Å². The standard InChI is InChI=1S/C22H27FN6O/c1-5-24-22(26-15(3)17-7-6-14(2)19(23)12-17)25-13-20-27-21(29-28-20)16-8-10-18(30-4)11-9-16/h6-12,15H,5,13H2,1-4H3,(H2,24,25,26)(H,27,28,29). The predicted octanol–water partition coefficient (Wildman–Crippen LogP) is 3.74. The van der Waals surface area contributed by atoms with Crippen LogP contribution in [0.5, 0.6) is 5.75 Å². The number of ether oxygens (including phenoxy) is 1. The fourth-order valence-electron chi connectivity index (χ4n) is 2.88. The van der Waals surface area contributed by atoms with Crippen LogP contribution in [0.25, 0.3) is 11.4 Å². The fourth-order valence-corrected chi connectivity index (χ4v) is 2.88. The molecule has 0 spiro atoms. The predicted molar refractivity (Wildman–Crippen MR) is 116 cm³/mol. The Morgan fingerprint density at radius 2 is 2.00 bits per heavy atom. The SMILES string of the molecule is CCNC(=NCc1nc(-c2ccc(OC)cc2)n[nH]1)NC(C)c1ccc(C)c(F)c1. The molecule has 0 amide bonds. The van der Waals surface area contributed by atoms with Gasteiger partial charge in [-0.25, -0.2) is 14.4 Å². The number of guanidine groups is 1. The number of nitrogens with zero attached hydrogens (tertiary/aromatic N) is 3. The minimum absolute atomic E-state index is 0.109. The van der Waals surface area contributed by atoms with Crippen LogP contribution in [0.3, 0.4) is 0 Å². The lowest BCUT2D eigenvalue weighted by Crippen LogP contribution is -2.38. The van der Waals surface area contributed by atoms with Crippen molar-refractivity contribution < 1.29 is 9.13 Å². The van der Waals surface area contributed by atoms with Crippen LogP contribution in [0.2, 0.25) is 0 Å². The average Bonchev–Trinajstić information content (AvgIpc) is 3.23. The molecule has 30 heavy (non-hydrogen) atoms. The van der Waals surface area contributed by atoms with E-state index in [1.165, 1.54) is 0 Å². The lowest BCUT2D eigenvalue weighted by atomic mass is 10.1. The summed E-state index contributed by atoms with van der Waals surface area (Å²) in [6, 6.07) is 12.7.